The number of aromatic nitrogens is 2. The van der Waals surface area contributed by atoms with E-state index >= 15 is 0 Å². The molecule has 0 amide bonds. The van der Waals surface area contributed by atoms with Crippen molar-refractivity contribution in [2.75, 3.05) is 11.4 Å². The Labute approximate surface area is 192 Å². The lowest BCUT2D eigenvalue weighted by molar-refractivity contribution is 0.319. The summed E-state index contributed by atoms with van der Waals surface area (Å²) in [5.74, 6) is 0.667. The van der Waals surface area contributed by atoms with Crippen LogP contribution in [0.3, 0.4) is 0 Å². The monoisotopic (exact) mass is 446 g/mol. The number of anilines is 2. The fourth-order valence-electron chi connectivity index (χ4n) is 3.98. The normalized spacial score (nSPS) is 16.8. The zero-order valence-corrected chi connectivity index (χ0v) is 19.0. The molecule has 1 N–H and O–H groups in total. The van der Waals surface area contributed by atoms with E-state index in [9.17, 15) is 9.50 Å². The lowest BCUT2D eigenvalue weighted by Gasteiger charge is -2.33. The third-order valence-corrected chi connectivity index (χ3v) is 5.75. The highest BCUT2D eigenvalue weighted by Gasteiger charge is 2.26. The van der Waals surface area contributed by atoms with Crippen molar-refractivity contribution in [2.45, 2.75) is 39.3 Å². The maximum Gasteiger partial charge on any atom is 0.325 e. The second-order valence-electron chi connectivity index (χ2n) is 8.21. The Hall–Kier alpha value is -3.74. The van der Waals surface area contributed by atoms with Crippen LogP contribution in [0.5, 0.6) is 17.6 Å². The molecule has 1 aliphatic heterocycles. The zero-order chi connectivity index (χ0) is 23.5. The molecule has 7 heteroatoms. The molecular weight excluding hydrogens is 419 g/mol. The van der Waals surface area contributed by atoms with Crippen LogP contribution in [0.2, 0.25) is 0 Å². The summed E-state index contributed by atoms with van der Waals surface area (Å²) in [5, 5.41) is 11.1. The minimum Gasteiger partial charge on any atom is -0.493 e. The van der Waals surface area contributed by atoms with Crippen molar-refractivity contribution >= 4 is 30.4 Å². The van der Waals surface area contributed by atoms with Crippen LogP contribution in [-0.4, -0.2) is 28.3 Å². The van der Waals surface area contributed by atoms with Crippen molar-refractivity contribution in [1.29, 1.82) is 0 Å². The number of aromatic hydroxyl groups is 1. The van der Waals surface area contributed by atoms with E-state index in [1.54, 1.807) is 25.1 Å². The summed E-state index contributed by atoms with van der Waals surface area (Å²) in [6.45, 7) is 10.0. The molecule has 4 rings (SSSR count). The third-order valence-electron chi connectivity index (χ3n) is 5.75. The van der Waals surface area contributed by atoms with E-state index < -0.39 is 6.17 Å². The number of fused-ring (bicyclic) bond motifs is 1. The van der Waals surface area contributed by atoms with Gasteiger partial charge in [-0.1, -0.05) is 32.1 Å². The van der Waals surface area contributed by atoms with Crippen LogP contribution in [0.15, 0.2) is 47.5 Å². The highest BCUT2D eigenvalue weighted by molar-refractivity contribution is 5.69. The largest absolute Gasteiger partial charge is 0.493 e. The van der Waals surface area contributed by atoms with E-state index in [1.165, 1.54) is 6.20 Å². The maximum atomic E-state index is 14.7. The lowest BCUT2D eigenvalue weighted by atomic mass is 9.93. The van der Waals surface area contributed by atoms with Gasteiger partial charge in [-0.05, 0) is 55.5 Å². The van der Waals surface area contributed by atoms with Gasteiger partial charge < -0.3 is 14.7 Å². The minimum atomic E-state index is -0.957. The molecule has 1 aliphatic rings. The maximum absolute atomic E-state index is 14.7. The molecule has 0 spiro atoms. The summed E-state index contributed by atoms with van der Waals surface area (Å²) in [4.78, 5) is 14.2. The molecule has 33 heavy (non-hydrogen) atoms. The molecule has 1 aromatic heterocycles. The average molecular weight is 447 g/mol. The molecule has 6 nitrogen and oxygen atoms in total. The molecule has 0 radical (unpaired) electrons. The van der Waals surface area contributed by atoms with E-state index in [1.807, 2.05) is 24.3 Å². The van der Waals surface area contributed by atoms with Gasteiger partial charge in [-0.2, -0.15) is 9.97 Å². The number of aliphatic imine (C=N–C) groups is 1. The van der Waals surface area contributed by atoms with Crippen LogP contribution in [0, 0.1) is 0 Å². The van der Waals surface area contributed by atoms with Crippen molar-refractivity contribution in [3.05, 3.63) is 64.2 Å². The van der Waals surface area contributed by atoms with Gasteiger partial charge in [0.25, 0.3) is 0 Å². The molecule has 0 saturated heterocycles. The van der Waals surface area contributed by atoms with Gasteiger partial charge in [0.1, 0.15) is 11.9 Å². The molecule has 2 aromatic carbocycles. The predicted octanol–water partition coefficient (Wildman–Crippen LogP) is 4.89. The van der Waals surface area contributed by atoms with Crippen LogP contribution in [-0.2, 0) is 0 Å². The van der Waals surface area contributed by atoms with Gasteiger partial charge in [0.05, 0.1) is 16.8 Å². The second-order valence-corrected chi connectivity index (χ2v) is 8.21. The molecule has 0 fully saturated rings. The Morgan fingerprint density at radius 3 is 2.64 bits per heavy atom. The van der Waals surface area contributed by atoms with Crippen LogP contribution >= 0.6 is 0 Å². The summed E-state index contributed by atoms with van der Waals surface area (Å²) in [5.41, 5.74) is 3.71. The molecule has 170 valence electrons. The summed E-state index contributed by atoms with van der Waals surface area (Å²) in [6, 6.07) is 13.5. The summed E-state index contributed by atoms with van der Waals surface area (Å²) in [6.07, 6.45) is 2.61. The van der Waals surface area contributed by atoms with Gasteiger partial charge >= 0.3 is 6.01 Å². The third kappa shape index (κ3) is 4.58. The molecule has 3 aromatic rings. The molecular formula is C26H27FN4O2. The molecule has 1 atom stereocenters. The Morgan fingerprint density at radius 2 is 1.97 bits per heavy atom. The van der Waals surface area contributed by atoms with E-state index in [0.717, 1.165) is 22.5 Å². The number of nitrogens with zero attached hydrogens (tertiary/aromatic N) is 4. The first-order chi connectivity index (χ1) is 15.9. The van der Waals surface area contributed by atoms with E-state index in [2.05, 4.69) is 46.5 Å². The molecule has 0 aliphatic carbocycles. The topological polar surface area (TPSA) is 70.8 Å². The molecule has 1 unspecified atom stereocenters. The average Bonchev–Trinajstić information content (AvgIpc) is 2.80. The molecule has 2 heterocycles. The number of ether oxygens (including phenoxy) is 1. The Bertz CT molecular complexity index is 1290. The van der Waals surface area contributed by atoms with Crippen molar-refractivity contribution in [1.82, 2.24) is 9.97 Å². The van der Waals surface area contributed by atoms with E-state index in [4.69, 9.17) is 4.74 Å². The van der Waals surface area contributed by atoms with E-state index in [0.29, 0.717) is 35.2 Å². The number of hydrogen-bond donors (Lipinski definition) is 1. The Morgan fingerprint density at radius 1 is 1.21 bits per heavy atom. The Kier molecular flexibility index (Phi) is 6.40. The summed E-state index contributed by atoms with van der Waals surface area (Å²) < 4.78 is 20.5. The number of rotatable bonds is 5. The fraction of sp³-hybridized carbons (Fsp3) is 0.269. The molecule has 0 bridgehead atoms. The quantitative estimate of drug-likeness (QED) is 0.565. The van der Waals surface area contributed by atoms with Crippen molar-refractivity contribution in [2.24, 2.45) is 4.99 Å². The first-order valence-electron chi connectivity index (χ1n) is 10.9. The highest BCUT2D eigenvalue weighted by Crippen LogP contribution is 2.41. The SMILES string of the molecule is C=N/C=c1/nc(Oc2ccc(N3CCC(F)c4cc(C(C)C)ccc43)cc2)nc(O)/c1=C/C. The highest BCUT2D eigenvalue weighted by atomic mass is 19.1. The van der Waals surface area contributed by atoms with Crippen LogP contribution in [0.1, 0.15) is 50.4 Å². The number of halogens is 1. The second kappa shape index (κ2) is 9.40. The molecule has 0 saturated carbocycles. The first kappa shape index (κ1) is 22.5. The van der Waals surface area contributed by atoms with Gasteiger partial charge in [-0.3, -0.25) is 4.99 Å². The Balaban J connectivity index is 1.61. The van der Waals surface area contributed by atoms with Gasteiger partial charge in [-0.25, -0.2) is 4.39 Å². The van der Waals surface area contributed by atoms with Crippen molar-refractivity contribution < 1.29 is 14.2 Å². The van der Waals surface area contributed by atoms with Gasteiger partial charge in [0.2, 0.25) is 5.88 Å². The standard InChI is InChI=1S/C26H27FN4O2/c1-5-20-23(15-28-4)29-26(30-25(20)32)33-19-9-7-18(8-10-19)31-13-12-22(27)21-14-17(16(2)3)6-11-24(21)31/h5-11,14-16,22H,4,12-13H2,1-3H3,(H,29,30,32)/b20-5+,23-15+. The number of benzene rings is 2. The zero-order valence-electron chi connectivity index (χ0n) is 19.0. The van der Waals surface area contributed by atoms with Crippen LogP contribution in [0.4, 0.5) is 15.8 Å². The lowest BCUT2D eigenvalue weighted by Crippen LogP contribution is -2.29. The van der Waals surface area contributed by atoms with Gasteiger partial charge in [-0.15, -0.1) is 0 Å². The van der Waals surface area contributed by atoms with E-state index in [-0.39, 0.29) is 11.9 Å². The van der Waals surface area contributed by atoms with Crippen LogP contribution in [0.25, 0.3) is 12.3 Å². The first-order valence-corrected chi connectivity index (χ1v) is 10.9. The minimum absolute atomic E-state index is 0.00514. The van der Waals surface area contributed by atoms with Crippen molar-refractivity contribution in [3.8, 4) is 17.6 Å². The predicted molar refractivity (Wildman–Crippen MR) is 130 cm³/mol. The van der Waals surface area contributed by atoms with Gasteiger partial charge in [0, 0.05) is 29.9 Å². The number of alkyl halides is 1. The van der Waals surface area contributed by atoms with Gasteiger partial charge in [0.15, 0.2) is 0 Å². The summed E-state index contributed by atoms with van der Waals surface area (Å²) in [7, 11) is 0. The number of hydrogen-bond acceptors (Lipinski definition) is 6. The smallest absolute Gasteiger partial charge is 0.325 e. The fourth-order valence-corrected chi connectivity index (χ4v) is 3.98. The summed E-state index contributed by atoms with van der Waals surface area (Å²) >= 11 is 0. The van der Waals surface area contributed by atoms with Crippen LogP contribution < -0.4 is 20.2 Å². The van der Waals surface area contributed by atoms with Crippen molar-refractivity contribution in [3.63, 3.8) is 0 Å².